The molecule has 1 N–H and O–H groups in total. The van der Waals surface area contributed by atoms with Crippen molar-refractivity contribution in [3.8, 4) is 17.1 Å². The van der Waals surface area contributed by atoms with E-state index in [4.69, 9.17) is 4.74 Å². The van der Waals surface area contributed by atoms with Crippen molar-refractivity contribution in [1.29, 1.82) is 0 Å². The molecule has 0 aliphatic rings. The van der Waals surface area contributed by atoms with E-state index in [1.807, 2.05) is 81.4 Å². The van der Waals surface area contributed by atoms with E-state index >= 15 is 0 Å². The van der Waals surface area contributed by atoms with Crippen LogP contribution in [0, 0.1) is 0 Å². The summed E-state index contributed by atoms with van der Waals surface area (Å²) in [4.78, 5) is 15.7. The van der Waals surface area contributed by atoms with Gasteiger partial charge in [-0.05, 0) is 38.5 Å². The van der Waals surface area contributed by atoms with Gasteiger partial charge in [0.05, 0.1) is 17.9 Å². The van der Waals surface area contributed by atoms with Crippen LogP contribution in [0.2, 0.25) is 0 Å². The van der Waals surface area contributed by atoms with Crippen LogP contribution in [0.15, 0.2) is 90.9 Å². The van der Waals surface area contributed by atoms with Crippen LogP contribution in [0.5, 0.6) is 0 Å². The van der Waals surface area contributed by atoms with Gasteiger partial charge in [0.25, 0.3) is 0 Å². The zero-order valence-corrected chi connectivity index (χ0v) is 20.4. The van der Waals surface area contributed by atoms with E-state index in [0.29, 0.717) is 36.9 Å². The summed E-state index contributed by atoms with van der Waals surface area (Å²) < 4.78 is 7.39. The van der Waals surface area contributed by atoms with Crippen molar-refractivity contribution in [1.82, 2.24) is 14.8 Å². The minimum atomic E-state index is -0.0884. The van der Waals surface area contributed by atoms with Gasteiger partial charge in [-0.3, -0.25) is 0 Å². The average molecular weight is 460 g/mol. The normalized spacial score (nSPS) is 11.4. The monoisotopic (exact) mass is 459 g/mol. The number of aliphatic hydroxyl groups is 1. The molecule has 0 radical (unpaired) electrons. The molecule has 0 spiro atoms. The number of carbonyl (C=O) groups is 1. The van der Waals surface area contributed by atoms with Gasteiger partial charge in [0, 0.05) is 18.1 Å². The summed E-state index contributed by atoms with van der Waals surface area (Å²) in [5, 5.41) is 15.3. The molecule has 6 nitrogen and oxygen atoms in total. The smallest absolute Gasteiger partial charge is 0.185 e. The largest absolute Gasteiger partial charge is 0.507 e. The molecule has 3 rings (SSSR count). The summed E-state index contributed by atoms with van der Waals surface area (Å²) in [7, 11) is 0. The molecule has 178 valence electrons. The van der Waals surface area contributed by atoms with Gasteiger partial charge >= 0.3 is 0 Å². The van der Waals surface area contributed by atoms with Gasteiger partial charge in [-0.1, -0.05) is 69.0 Å². The summed E-state index contributed by atoms with van der Waals surface area (Å²) >= 11 is 0. The number of aromatic nitrogens is 3. The summed E-state index contributed by atoms with van der Waals surface area (Å²) in [6.45, 7) is 11.7. The van der Waals surface area contributed by atoms with Crippen LogP contribution in [0.1, 0.15) is 46.4 Å². The lowest BCUT2D eigenvalue weighted by atomic mass is 10.2. The van der Waals surface area contributed by atoms with E-state index < -0.39 is 0 Å². The van der Waals surface area contributed by atoms with Crippen LogP contribution in [0.4, 0.5) is 0 Å². The Kier molecular flexibility index (Phi) is 10.5. The molecule has 2 aromatic carbocycles. The van der Waals surface area contributed by atoms with Gasteiger partial charge < -0.3 is 14.6 Å². The van der Waals surface area contributed by atoms with Crippen molar-refractivity contribution in [3.05, 3.63) is 96.7 Å². The lowest BCUT2D eigenvalue weighted by Gasteiger charge is -2.07. The number of benzene rings is 2. The van der Waals surface area contributed by atoms with Crippen LogP contribution < -0.4 is 0 Å². The molecule has 0 unspecified atom stereocenters. The van der Waals surface area contributed by atoms with Crippen molar-refractivity contribution < 1.29 is 14.6 Å². The Hall–Kier alpha value is -3.93. The highest BCUT2D eigenvalue weighted by Crippen LogP contribution is 2.25. The molecule has 6 heteroatoms. The molecule has 0 saturated heterocycles. The molecule has 0 bridgehead atoms. The first kappa shape index (κ1) is 26.3. The van der Waals surface area contributed by atoms with Crippen LogP contribution in [-0.2, 0) is 9.53 Å². The van der Waals surface area contributed by atoms with E-state index in [1.165, 1.54) is 6.08 Å². The second-order valence-electron chi connectivity index (χ2n) is 7.23. The number of allylic oxidation sites excluding steroid dienone is 3. The SMILES string of the molecule is C=C(/C(O)=C\C(=C/C)OCCCC(C)=O)c1nc(-c2ccccc2)n(-c2ccccc2)n1.CC. The lowest BCUT2D eigenvalue weighted by molar-refractivity contribution is -0.117. The second kappa shape index (κ2) is 13.6. The number of Topliss-reactive ketones (excluding diaryl/α,β-unsaturated/α-hetero) is 1. The minimum absolute atomic E-state index is 0.0884. The van der Waals surface area contributed by atoms with Crippen molar-refractivity contribution in [2.24, 2.45) is 0 Å². The van der Waals surface area contributed by atoms with Gasteiger partial charge in [-0.2, -0.15) is 0 Å². The Bertz CT molecular complexity index is 1070. The predicted octanol–water partition coefficient (Wildman–Crippen LogP) is 6.71. The molecule has 1 aromatic heterocycles. The zero-order chi connectivity index (χ0) is 24.9. The van der Waals surface area contributed by atoms with E-state index in [0.717, 1.165) is 11.3 Å². The van der Waals surface area contributed by atoms with Gasteiger partial charge in [-0.15, -0.1) is 5.10 Å². The maximum atomic E-state index is 11.1. The molecule has 0 atom stereocenters. The fraction of sp³-hybridized carbons (Fsp3) is 0.250. The van der Waals surface area contributed by atoms with Crippen molar-refractivity contribution >= 4 is 11.4 Å². The summed E-state index contributed by atoms with van der Waals surface area (Å²) in [6, 6.07) is 19.4. The highest BCUT2D eigenvalue weighted by atomic mass is 16.5. The van der Waals surface area contributed by atoms with Crippen molar-refractivity contribution in [2.45, 2.75) is 40.5 Å². The molecular weight excluding hydrogens is 426 g/mol. The van der Waals surface area contributed by atoms with E-state index in [-0.39, 0.29) is 17.1 Å². The highest BCUT2D eigenvalue weighted by molar-refractivity contribution is 5.75. The molecule has 0 aliphatic heterocycles. The van der Waals surface area contributed by atoms with Crippen LogP contribution >= 0.6 is 0 Å². The number of ether oxygens (including phenoxy) is 1. The molecule has 0 fully saturated rings. The number of para-hydroxylation sites is 1. The molecular formula is C28H33N3O3. The van der Waals surface area contributed by atoms with Gasteiger partial charge in [0.2, 0.25) is 0 Å². The maximum Gasteiger partial charge on any atom is 0.185 e. The third kappa shape index (κ3) is 7.30. The number of ketones is 1. The highest BCUT2D eigenvalue weighted by Gasteiger charge is 2.17. The van der Waals surface area contributed by atoms with Crippen molar-refractivity contribution in [2.75, 3.05) is 6.61 Å². The number of hydrogen-bond donors (Lipinski definition) is 1. The van der Waals surface area contributed by atoms with Crippen molar-refractivity contribution in [3.63, 3.8) is 0 Å². The topological polar surface area (TPSA) is 77.2 Å². The van der Waals surface area contributed by atoms with Crippen LogP contribution in [-0.4, -0.2) is 32.3 Å². The Morgan fingerprint density at radius 2 is 1.71 bits per heavy atom. The number of aliphatic hydroxyl groups excluding tert-OH is 1. The molecule has 34 heavy (non-hydrogen) atoms. The van der Waals surface area contributed by atoms with Gasteiger partial charge in [0.1, 0.15) is 17.3 Å². The summed E-state index contributed by atoms with van der Waals surface area (Å²) in [6.07, 6.45) is 4.30. The Morgan fingerprint density at radius 3 is 2.29 bits per heavy atom. The Labute approximate surface area is 201 Å². The van der Waals surface area contributed by atoms with E-state index in [9.17, 15) is 9.90 Å². The third-order valence-corrected chi connectivity index (χ3v) is 4.72. The van der Waals surface area contributed by atoms with E-state index in [1.54, 1.807) is 17.7 Å². The van der Waals surface area contributed by atoms with E-state index in [2.05, 4.69) is 16.7 Å². The summed E-state index contributed by atoms with van der Waals surface area (Å²) in [5.74, 6) is 1.48. The first-order valence-electron chi connectivity index (χ1n) is 11.5. The zero-order valence-electron chi connectivity index (χ0n) is 20.4. The molecule has 0 aliphatic carbocycles. The first-order valence-corrected chi connectivity index (χ1v) is 11.5. The fourth-order valence-corrected chi connectivity index (χ4v) is 3.02. The molecule has 1 heterocycles. The summed E-state index contributed by atoms with van der Waals surface area (Å²) in [5.41, 5.74) is 2.03. The molecule has 0 saturated carbocycles. The third-order valence-electron chi connectivity index (χ3n) is 4.72. The minimum Gasteiger partial charge on any atom is -0.507 e. The second-order valence-corrected chi connectivity index (χ2v) is 7.23. The van der Waals surface area contributed by atoms with Gasteiger partial charge in [0.15, 0.2) is 11.6 Å². The number of rotatable bonds is 10. The number of nitrogens with zero attached hydrogens (tertiary/aromatic N) is 3. The number of carbonyl (C=O) groups excluding carboxylic acids is 1. The predicted molar refractivity (Wildman–Crippen MR) is 138 cm³/mol. The lowest BCUT2D eigenvalue weighted by Crippen LogP contribution is -2.00. The first-order chi connectivity index (χ1) is 16.5. The molecule has 0 amide bonds. The Morgan fingerprint density at radius 1 is 1.09 bits per heavy atom. The van der Waals surface area contributed by atoms with Crippen LogP contribution in [0.3, 0.4) is 0 Å². The quantitative estimate of drug-likeness (QED) is 0.207. The molecule has 3 aromatic rings. The van der Waals surface area contributed by atoms with Crippen LogP contribution in [0.25, 0.3) is 22.6 Å². The average Bonchev–Trinajstić information content (AvgIpc) is 3.33. The standard InChI is InChI=1S/C26H27N3O3.C2H6/c1-4-23(32-17-11-12-19(2)30)18-24(31)20(3)25-27-26(21-13-7-5-8-14-21)29(28-25)22-15-9-6-10-16-22;1-2/h4-10,13-16,18,31H,3,11-12,17H2,1-2H3;1-2H3/b23-4+,24-18+;. The number of hydrogen-bond acceptors (Lipinski definition) is 5. The van der Waals surface area contributed by atoms with Gasteiger partial charge in [-0.25, -0.2) is 9.67 Å². The fourth-order valence-electron chi connectivity index (χ4n) is 3.02. The maximum absolute atomic E-state index is 11.1. The Balaban J connectivity index is 0.00000199.